The van der Waals surface area contributed by atoms with E-state index in [-0.39, 0.29) is 12.6 Å². The molecule has 0 aliphatic rings. The van der Waals surface area contributed by atoms with Gasteiger partial charge in [0.15, 0.2) is 0 Å². The van der Waals surface area contributed by atoms with Gasteiger partial charge in [0, 0.05) is 0 Å². The van der Waals surface area contributed by atoms with Gasteiger partial charge in [-0.2, -0.15) is 0 Å². The Labute approximate surface area is 94.1 Å². The van der Waals surface area contributed by atoms with Crippen molar-refractivity contribution in [1.82, 2.24) is 0 Å². The number of aliphatic hydroxyl groups excluding tert-OH is 1. The molecule has 0 saturated heterocycles. The quantitative estimate of drug-likeness (QED) is 0.796. The molecule has 0 bridgehead atoms. The van der Waals surface area contributed by atoms with Crippen LogP contribution in [-0.2, 0) is 0 Å². The molecule has 0 aliphatic carbocycles. The number of furan rings is 1. The van der Waals surface area contributed by atoms with Crippen molar-refractivity contribution in [2.45, 2.75) is 6.04 Å². The van der Waals surface area contributed by atoms with E-state index in [0.29, 0.717) is 5.76 Å². The highest BCUT2D eigenvalue weighted by Gasteiger charge is 2.06. The predicted octanol–water partition coefficient (Wildman–Crippen LogP) is 2.43. The summed E-state index contributed by atoms with van der Waals surface area (Å²) < 4.78 is 5.13. The Bertz CT molecular complexity index is 434. The molecule has 3 nitrogen and oxygen atoms in total. The Hall–Kier alpha value is -1.87. The molecule has 2 aromatic rings. The summed E-state index contributed by atoms with van der Waals surface area (Å²) in [6.07, 6.45) is 3.23. The zero-order valence-electron chi connectivity index (χ0n) is 8.78. The molecule has 16 heavy (non-hydrogen) atoms. The number of benzene rings is 1. The first-order valence-corrected chi connectivity index (χ1v) is 5.12. The molecule has 0 saturated carbocycles. The summed E-state index contributed by atoms with van der Waals surface area (Å²) in [5, 5.41) is 9.26. The number of aliphatic imine (C=N–C) groups is 1. The van der Waals surface area contributed by atoms with Gasteiger partial charge in [0.2, 0.25) is 0 Å². The van der Waals surface area contributed by atoms with Crippen molar-refractivity contribution in [2.75, 3.05) is 6.61 Å². The third-order valence-corrected chi connectivity index (χ3v) is 2.28. The summed E-state index contributed by atoms with van der Waals surface area (Å²) in [7, 11) is 0. The number of hydrogen-bond donors (Lipinski definition) is 1. The smallest absolute Gasteiger partial charge is 0.144 e. The summed E-state index contributed by atoms with van der Waals surface area (Å²) in [5.74, 6) is 0.689. The Morgan fingerprint density at radius 3 is 2.62 bits per heavy atom. The molecule has 0 fully saturated rings. The van der Waals surface area contributed by atoms with E-state index in [1.807, 2.05) is 36.4 Å². The van der Waals surface area contributed by atoms with Crippen LogP contribution in [0, 0.1) is 0 Å². The molecular formula is C13H13NO2. The molecule has 1 aromatic carbocycles. The van der Waals surface area contributed by atoms with E-state index in [9.17, 15) is 5.11 Å². The SMILES string of the molecule is OCC(N=Cc1ccco1)c1ccccc1. The van der Waals surface area contributed by atoms with Crippen molar-refractivity contribution in [1.29, 1.82) is 0 Å². The predicted molar refractivity (Wildman–Crippen MR) is 62.6 cm³/mol. The van der Waals surface area contributed by atoms with Crippen LogP contribution in [0.3, 0.4) is 0 Å². The van der Waals surface area contributed by atoms with Gasteiger partial charge in [-0.3, -0.25) is 4.99 Å². The van der Waals surface area contributed by atoms with Crippen LogP contribution in [-0.4, -0.2) is 17.9 Å². The molecule has 2 rings (SSSR count). The highest BCUT2D eigenvalue weighted by atomic mass is 16.3. The zero-order valence-corrected chi connectivity index (χ0v) is 8.78. The lowest BCUT2D eigenvalue weighted by molar-refractivity contribution is 0.269. The summed E-state index contributed by atoms with van der Waals surface area (Å²) in [6.45, 7) is -0.0127. The second-order valence-electron chi connectivity index (χ2n) is 3.40. The topological polar surface area (TPSA) is 45.7 Å². The van der Waals surface area contributed by atoms with Crippen molar-refractivity contribution in [3.63, 3.8) is 0 Å². The van der Waals surface area contributed by atoms with E-state index < -0.39 is 0 Å². The average Bonchev–Trinajstić information content (AvgIpc) is 2.84. The first kappa shape index (κ1) is 10.6. The summed E-state index contributed by atoms with van der Waals surface area (Å²) in [5.41, 5.74) is 0.993. The van der Waals surface area contributed by atoms with Crippen LogP contribution < -0.4 is 0 Å². The van der Waals surface area contributed by atoms with E-state index in [4.69, 9.17) is 4.42 Å². The minimum Gasteiger partial charge on any atom is -0.463 e. The second kappa shape index (κ2) is 5.28. The van der Waals surface area contributed by atoms with Gasteiger partial charge in [0.1, 0.15) is 5.76 Å². The summed E-state index contributed by atoms with van der Waals surface area (Å²) in [6, 6.07) is 13.1. The monoisotopic (exact) mass is 215 g/mol. The third-order valence-electron chi connectivity index (χ3n) is 2.28. The minimum absolute atomic E-state index is 0.0127. The minimum atomic E-state index is -0.230. The van der Waals surface area contributed by atoms with Crippen molar-refractivity contribution in [3.05, 3.63) is 60.1 Å². The fraction of sp³-hybridized carbons (Fsp3) is 0.154. The maximum Gasteiger partial charge on any atom is 0.144 e. The van der Waals surface area contributed by atoms with Gasteiger partial charge in [-0.15, -0.1) is 0 Å². The molecule has 1 unspecified atom stereocenters. The average molecular weight is 215 g/mol. The van der Waals surface area contributed by atoms with Crippen molar-refractivity contribution in [3.8, 4) is 0 Å². The zero-order chi connectivity index (χ0) is 11.2. The molecule has 0 aliphatic heterocycles. The lowest BCUT2D eigenvalue weighted by Crippen LogP contribution is -2.01. The number of nitrogens with zero attached hydrogens (tertiary/aromatic N) is 1. The standard InChI is InChI=1S/C13H13NO2/c15-10-13(11-5-2-1-3-6-11)14-9-12-7-4-8-16-12/h1-9,13,15H,10H2. The highest BCUT2D eigenvalue weighted by molar-refractivity contribution is 5.75. The van der Waals surface area contributed by atoms with E-state index >= 15 is 0 Å². The lowest BCUT2D eigenvalue weighted by atomic mass is 10.1. The molecule has 1 N–H and O–H groups in total. The number of hydrogen-bond acceptors (Lipinski definition) is 3. The van der Waals surface area contributed by atoms with Gasteiger partial charge in [-0.05, 0) is 17.7 Å². The largest absolute Gasteiger partial charge is 0.463 e. The highest BCUT2D eigenvalue weighted by Crippen LogP contribution is 2.16. The number of rotatable bonds is 4. The Morgan fingerprint density at radius 1 is 1.19 bits per heavy atom. The first-order valence-electron chi connectivity index (χ1n) is 5.12. The Morgan fingerprint density at radius 2 is 2.00 bits per heavy atom. The molecule has 1 heterocycles. The third kappa shape index (κ3) is 2.58. The van der Waals surface area contributed by atoms with Gasteiger partial charge in [-0.1, -0.05) is 30.3 Å². The maximum absolute atomic E-state index is 9.26. The van der Waals surface area contributed by atoms with Gasteiger partial charge in [0.05, 0.1) is 25.1 Å². The number of aliphatic hydroxyl groups is 1. The van der Waals surface area contributed by atoms with Crippen LogP contribution in [0.2, 0.25) is 0 Å². The van der Waals surface area contributed by atoms with Crippen LogP contribution in [0.15, 0.2) is 58.1 Å². The van der Waals surface area contributed by atoms with E-state index in [1.54, 1.807) is 18.5 Å². The van der Waals surface area contributed by atoms with E-state index in [2.05, 4.69) is 4.99 Å². The fourth-order valence-electron chi connectivity index (χ4n) is 1.44. The van der Waals surface area contributed by atoms with Gasteiger partial charge < -0.3 is 9.52 Å². The van der Waals surface area contributed by atoms with Crippen LogP contribution in [0.4, 0.5) is 0 Å². The Kier molecular flexibility index (Phi) is 3.51. The maximum atomic E-state index is 9.26. The first-order chi connectivity index (χ1) is 7.90. The lowest BCUT2D eigenvalue weighted by Gasteiger charge is -2.08. The van der Waals surface area contributed by atoms with Gasteiger partial charge >= 0.3 is 0 Å². The molecule has 0 radical (unpaired) electrons. The molecule has 0 spiro atoms. The van der Waals surface area contributed by atoms with Crippen LogP contribution in [0.25, 0.3) is 0 Å². The second-order valence-corrected chi connectivity index (χ2v) is 3.40. The molecule has 1 aromatic heterocycles. The summed E-state index contributed by atoms with van der Waals surface area (Å²) in [4.78, 5) is 4.29. The fourth-order valence-corrected chi connectivity index (χ4v) is 1.44. The Balaban J connectivity index is 2.12. The molecule has 3 heteroatoms. The summed E-state index contributed by atoms with van der Waals surface area (Å²) >= 11 is 0. The molecule has 0 amide bonds. The van der Waals surface area contributed by atoms with Gasteiger partial charge in [0.25, 0.3) is 0 Å². The van der Waals surface area contributed by atoms with Crippen molar-refractivity contribution >= 4 is 6.21 Å². The van der Waals surface area contributed by atoms with Crippen LogP contribution in [0.1, 0.15) is 17.4 Å². The molecule has 82 valence electrons. The van der Waals surface area contributed by atoms with E-state index in [1.165, 1.54) is 0 Å². The molecule has 1 atom stereocenters. The van der Waals surface area contributed by atoms with Crippen LogP contribution in [0.5, 0.6) is 0 Å². The molecular weight excluding hydrogens is 202 g/mol. The van der Waals surface area contributed by atoms with Crippen LogP contribution >= 0.6 is 0 Å². The van der Waals surface area contributed by atoms with Crippen molar-refractivity contribution in [2.24, 2.45) is 4.99 Å². The normalized spacial score (nSPS) is 13.1. The van der Waals surface area contributed by atoms with E-state index in [0.717, 1.165) is 5.56 Å². The van der Waals surface area contributed by atoms with Crippen molar-refractivity contribution < 1.29 is 9.52 Å². The van der Waals surface area contributed by atoms with Gasteiger partial charge in [-0.25, -0.2) is 0 Å².